The molecule has 0 heterocycles. The van der Waals surface area contributed by atoms with Crippen molar-refractivity contribution in [2.24, 2.45) is 0 Å². The molecule has 0 amide bonds. The van der Waals surface area contributed by atoms with Gasteiger partial charge in [0, 0.05) is 12.8 Å². The zero-order chi connectivity index (χ0) is 44.8. The third-order valence-corrected chi connectivity index (χ3v) is 11.5. The van der Waals surface area contributed by atoms with E-state index >= 15 is 0 Å². The quantitative estimate of drug-likeness (QED) is 0.0233. The SMILES string of the molecule is CC/C=C\C/C=C\C/C=C\CCCCCCCC(=O)OC(CO)COP(=O)(O)OCC(CO)OC(=O)CCCCCCCCCCCCC/C=C\CCCCCCCCCC. The van der Waals surface area contributed by atoms with E-state index in [0.29, 0.717) is 12.8 Å². The van der Waals surface area contributed by atoms with Gasteiger partial charge in [-0.25, -0.2) is 4.57 Å². The van der Waals surface area contributed by atoms with Crippen LogP contribution in [0.2, 0.25) is 0 Å². The summed E-state index contributed by atoms with van der Waals surface area (Å²) in [5.41, 5.74) is 0. The Morgan fingerprint density at radius 2 is 0.770 bits per heavy atom. The van der Waals surface area contributed by atoms with Crippen LogP contribution < -0.4 is 0 Å². The van der Waals surface area contributed by atoms with Gasteiger partial charge in [-0.15, -0.1) is 0 Å². The number of rotatable bonds is 46. The number of hydrogen-bond donors (Lipinski definition) is 3. The second kappa shape index (κ2) is 45.9. The van der Waals surface area contributed by atoms with Gasteiger partial charge >= 0.3 is 19.8 Å². The molecule has 0 aliphatic heterocycles. The van der Waals surface area contributed by atoms with Gasteiger partial charge in [0.2, 0.25) is 0 Å². The Kier molecular flexibility index (Phi) is 44.4. The van der Waals surface area contributed by atoms with Crippen LogP contribution in [0.25, 0.3) is 0 Å². The van der Waals surface area contributed by atoms with Crippen molar-refractivity contribution in [1.29, 1.82) is 0 Å². The van der Waals surface area contributed by atoms with Gasteiger partial charge in [-0.3, -0.25) is 18.6 Å². The fourth-order valence-electron chi connectivity index (χ4n) is 6.77. The average molecular weight is 883 g/mol. The topological polar surface area (TPSA) is 149 Å². The summed E-state index contributed by atoms with van der Waals surface area (Å²) in [6, 6.07) is 0. The molecule has 0 aliphatic carbocycles. The number of aliphatic hydroxyl groups excluding tert-OH is 2. The van der Waals surface area contributed by atoms with Crippen LogP contribution in [0.3, 0.4) is 0 Å². The summed E-state index contributed by atoms with van der Waals surface area (Å²) < 4.78 is 32.7. The first-order valence-electron chi connectivity index (χ1n) is 24.6. The number of unbranched alkanes of at least 4 members (excludes halogenated alkanes) is 24. The van der Waals surface area contributed by atoms with Crippen LogP contribution in [-0.2, 0) is 32.7 Å². The minimum atomic E-state index is -4.65. The summed E-state index contributed by atoms with van der Waals surface area (Å²) in [4.78, 5) is 34.6. The Morgan fingerprint density at radius 1 is 0.459 bits per heavy atom. The van der Waals surface area contributed by atoms with E-state index in [9.17, 15) is 29.3 Å². The largest absolute Gasteiger partial charge is 0.472 e. The molecule has 0 aromatic rings. The molecule has 0 radical (unpaired) electrons. The van der Waals surface area contributed by atoms with Crippen LogP contribution in [0.5, 0.6) is 0 Å². The summed E-state index contributed by atoms with van der Waals surface area (Å²) in [6.45, 7) is 2.10. The van der Waals surface area contributed by atoms with Crippen LogP contribution in [0.4, 0.5) is 0 Å². The highest BCUT2D eigenvalue weighted by Crippen LogP contribution is 2.43. The lowest BCUT2D eigenvalue weighted by Gasteiger charge is -2.20. The summed E-state index contributed by atoms with van der Waals surface area (Å²) in [5.74, 6) is -1.03. The first-order valence-corrected chi connectivity index (χ1v) is 26.1. The Hall–Kier alpha value is -2.07. The zero-order valence-corrected chi connectivity index (χ0v) is 39.8. The molecular formula is C50H91O10P. The van der Waals surface area contributed by atoms with Gasteiger partial charge < -0.3 is 24.6 Å². The summed E-state index contributed by atoms with van der Waals surface area (Å²) in [7, 11) is -4.65. The number of carbonyl (C=O) groups excluding carboxylic acids is 2. The van der Waals surface area contributed by atoms with E-state index in [-0.39, 0.29) is 12.8 Å². The smallest absolute Gasteiger partial charge is 0.457 e. The highest BCUT2D eigenvalue weighted by Gasteiger charge is 2.27. The van der Waals surface area contributed by atoms with E-state index in [1.807, 2.05) is 0 Å². The standard InChI is InChI=1S/C50H91O10P/c1-3-5-7-9-11-13-15-17-19-20-21-22-23-24-25-26-28-30-32-34-36-38-40-42-50(54)60-48(44-52)46-58-61(55,56)57-45-47(43-51)59-49(53)41-39-37-35-33-31-29-27-18-16-14-12-10-8-6-4-2/h6,8,12,14,18,20-21,27,47-48,51-52H,3-5,7,9-11,13,15-17,19,22-26,28-46H2,1-2H3,(H,55,56)/b8-6-,14-12-,21-20-,27-18-. The predicted molar refractivity (Wildman–Crippen MR) is 251 cm³/mol. The van der Waals surface area contributed by atoms with E-state index in [0.717, 1.165) is 70.6 Å². The summed E-state index contributed by atoms with van der Waals surface area (Å²) >= 11 is 0. The predicted octanol–water partition coefficient (Wildman–Crippen LogP) is 13.7. The first kappa shape index (κ1) is 58.9. The van der Waals surface area contributed by atoms with Crippen LogP contribution in [0.1, 0.15) is 219 Å². The molecule has 0 fully saturated rings. The number of phosphoric acid groups is 1. The molecule has 3 atom stereocenters. The van der Waals surface area contributed by atoms with Crippen LogP contribution in [0.15, 0.2) is 48.6 Å². The number of hydrogen-bond acceptors (Lipinski definition) is 9. The van der Waals surface area contributed by atoms with Gasteiger partial charge in [0.1, 0.15) is 12.2 Å². The molecule has 10 nitrogen and oxygen atoms in total. The van der Waals surface area contributed by atoms with E-state index in [2.05, 4.69) is 62.5 Å². The normalized spacial score (nSPS) is 14.1. The van der Waals surface area contributed by atoms with Crippen LogP contribution in [-0.4, -0.2) is 65.7 Å². The molecule has 0 aromatic carbocycles. The van der Waals surface area contributed by atoms with Gasteiger partial charge in [0.05, 0.1) is 26.4 Å². The molecule has 356 valence electrons. The number of ether oxygens (including phenoxy) is 2. The van der Waals surface area contributed by atoms with E-state index in [4.69, 9.17) is 18.5 Å². The third-order valence-electron chi connectivity index (χ3n) is 10.5. The number of phosphoric ester groups is 1. The average Bonchev–Trinajstić information content (AvgIpc) is 3.25. The Labute approximate surface area is 373 Å². The monoisotopic (exact) mass is 883 g/mol. The van der Waals surface area contributed by atoms with Gasteiger partial charge in [0.15, 0.2) is 0 Å². The van der Waals surface area contributed by atoms with Crippen molar-refractivity contribution in [3.63, 3.8) is 0 Å². The molecular weight excluding hydrogens is 792 g/mol. The van der Waals surface area contributed by atoms with Crippen molar-refractivity contribution in [2.75, 3.05) is 26.4 Å². The molecule has 0 bridgehead atoms. The van der Waals surface area contributed by atoms with Gasteiger partial charge in [-0.2, -0.15) is 0 Å². The maximum absolute atomic E-state index is 12.4. The highest BCUT2D eigenvalue weighted by atomic mass is 31.2. The van der Waals surface area contributed by atoms with Crippen molar-refractivity contribution in [3.8, 4) is 0 Å². The molecule has 0 rings (SSSR count). The van der Waals surface area contributed by atoms with Crippen molar-refractivity contribution >= 4 is 19.8 Å². The summed E-state index contributed by atoms with van der Waals surface area (Å²) in [6.07, 6.45) is 50.9. The second-order valence-electron chi connectivity index (χ2n) is 16.4. The minimum Gasteiger partial charge on any atom is -0.457 e. The maximum Gasteiger partial charge on any atom is 0.472 e. The molecule has 11 heteroatoms. The molecule has 0 aromatic heterocycles. The van der Waals surface area contributed by atoms with E-state index in [1.54, 1.807) is 0 Å². The van der Waals surface area contributed by atoms with Crippen LogP contribution in [0, 0.1) is 0 Å². The van der Waals surface area contributed by atoms with Crippen molar-refractivity contribution in [2.45, 2.75) is 232 Å². The highest BCUT2D eigenvalue weighted by molar-refractivity contribution is 7.47. The van der Waals surface area contributed by atoms with E-state index < -0.39 is 58.4 Å². The lowest BCUT2D eigenvalue weighted by molar-refractivity contribution is -0.153. The lowest BCUT2D eigenvalue weighted by atomic mass is 10.0. The Balaban J connectivity index is 3.84. The van der Waals surface area contributed by atoms with Crippen molar-refractivity contribution in [3.05, 3.63) is 48.6 Å². The number of esters is 2. The molecule has 0 saturated carbocycles. The van der Waals surface area contributed by atoms with Crippen molar-refractivity contribution < 1.29 is 47.8 Å². The zero-order valence-electron chi connectivity index (χ0n) is 38.9. The van der Waals surface area contributed by atoms with Gasteiger partial charge in [-0.05, 0) is 70.6 Å². The van der Waals surface area contributed by atoms with Crippen molar-refractivity contribution in [1.82, 2.24) is 0 Å². The minimum absolute atomic E-state index is 0.172. The van der Waals surface area contributed by atoms with Gasteiger partial charge in [0.25, 0.3) is 0 Å². The first-order chi connectivity index (χ1) is 29.8. The lowest BCUT2D eigenvalue weighted by Crippen LogP contribution is -2.28. The maximum atomic E-state index is 12.4. The number of aliphatic hydroxyl groups is 2. The molecule has 3 unspecified atom stereocenters. The Morgan fingerprint density at radius 3 is 1.13 bits per heavy atom. The number of carbonyl (C=O) groups is 2. The van der Waals surface area contributed by atoms with E-state index in [1.165, 1.54) is 109 Å². The molecule has 0 spiro atoms. The summed E-state index contributed by atoms with van der Waals surface area (Å²) in [5, 5.41) is 19.2. The van der Waals surface area contributed by atoms with Gasteiger partial charge in [-0.1, -0.05) is 184 Å². The van der Waals surface area contributed by atoms with Crippen LogP contribution >= 0.6 is 7.82 Å². The fourth-order valence-corrected chi connectivity index (χ4v) is 7.56. The molecule has 0 saturated heterocycles. The second-order valence-corrected chi connectivity index (χ2v) is 17.9. The third kappa shape index (κ3) is 44.3. The molecule has 3 N–H and O–H groups in total. The number of allylic oxidation sites excluding steroid dienone is 8. The Bertz CT molecular complexity index is 1150. The fraction of sp³-hybridized carbons (Fsp3) is 0.800. The molecule has 61 heavy (non-hydrogen) atoms. The molecule has 0 aliphatic rings.